The topological polar surface area (TPSA) is 81.3 Å². The number of nitrogens with zero attached hydrogens (tertiary/aromatic N) is 2. The maximum absolute atomic E-state index is 13.2. The van der Waals surface area contributed by atoms with Gasteiger partial charge in [-0.3, -0.25) is 0 Å². The molecule has 34 heavy (non-hydrogen) atoms. The number of fused-ring (bicyclic) bond motifs is 3. The third-order valence-corrected chi connectivity index (χ3v) is 5.66. The summed E-state index contributed by atoms with van der Waals surface area (Å²) >= 11 is 0. The second kappa shape index (κ2) is 9.63. The third-order valence-electron chi connectivity index (χ3n) is 5.66. The lowest BCUT2D eigenvalue weighted by atomic mass is 10.1. The highest BCUT2D eigenvalue weighted by molar-refractivity contribution is 6.26. The molecule has 0 amide bonds. The Morgan fingerprint density at radius 3 is 2.15 bits per heavy atom. The molecule has 0 radical (unpaired) electrons. The molecule has 0 N–H and O–H groups in total. The smallest absolute Gasteiger partial charge is 0.340 e. The number of esters is 2. The van der Waals surface area contributed by atoms with Gasteiger partial charge in [0.15, 0.2) is 0 Å². The number of rotatable bonds is 6. The van der Waals surface area contributed by atoms with Gasteiger partial charge in [0.25, 0.3) is 0 Å². The number of benzene rings is 1. The lowest BCUT2D eigenvalue weighted by Crippen LogP contribution is -2.14. The molecule has 0 saturated heterocycles. The Balaban J connectivity index is 2.22. The summed E-state index contributed by atoms with van der Waals surface area (Å²) in [6, 6.07) is 21.4. The molecule has 2 aliphatic rings. The molecule has 1 aromatic carbocycles. The first-order valence-electron chi connectivity index (χ1n) is 11.1. The third kappa shape index (κ3) is 3.82. The van der Waals surface area contributed by atoms with E-state index in [4.69, 9.17) is 9.47 Å². The fourth-order valence-electron chi connectivity index (χ4n) is 4.39. The van der Waals surface area contributed by atoms with Gasteiger partial charge in [0.1, 0.15) is 6.07 Å². The van der Waals surface area contributed by atoms with Gasteiger partial charge in [-0.05, 0) is 38.5 Å². The number of carbonyl (C=O) groups excluding carboxylic acids is 2. The molecule has 1 heterocycles. The SMILES string of the molecule is CCOC(=O)C=C(C(=O)OCC)c1c2c(C#N)c3cccccc-3c2c(C)n1-c1ccccc1. The zero-order valence-corrected chi connectivity index (χ0v) is 19.3. The van der Waals surface area contributed by atoms with Crippen LogP contribution in [0.4, 0.5) is 0 Å². The van der Waals surface area contributed by atoms with E-state index < -0.39 is 11.9 Å². The Bertz CT molecular complexity index is 1420. The quantitative estimate of drug-likeness (QED) is 0.288. The maximum atomic E-state index is 13.2. The van der Waals surface area contributed by atoms with Crippen molar-refractivity contribution in [2.75, 3.05) is 13.2 Å². The van der Waals surface area contributed by atoms with Crippen LogP contribution in [0.1, 0.15) is 30.8 Å². The minimum absolute atomic E-state index is 0.0402. The van der Waals surface area contributed by atoms with Gasteiger partial charge in [0.05, 0.1) is 30.0 Å². The Kier molecular flexibility index (Phi) is 6.46. The molecule has 170 valence electrons. The number of nitriles is 1. The van der Waals surface area contributed by atoms with Gasteiger partial charge in [-0.1, -0.05) is 48.5 Å². The number of aryl methyl sites for hydroxylation is 1. The van der Waals surface area contributed by atoms with Gasteiger partial charge in [0.2, 0.25) is 0 Å². The van der Waals surface area contributed by atoms with Gasteiger partial charge in [-0.15, -0.1) is 0 Å². The van der Waals surface area contributed by atoms with Crippen LogP contribution in [0.15, 0.2) is 66.7 Å². The van der Waals surface area contributed by atoms with Crippen molar-refractivity contribution in [3.05, 3.63) is 83.7 Å². The molecule has 1 aromatic heterocycles. The van der Waals surface area contributed by atoms with Crippen molar-refractivity contribution < 1.29 is 19.1 Å². The predicted octanol–water partition coefficient (Wildman–Crippen LogP) is 5.43. The van der Waals surface area contributed by atoms with Gasteiger partial charge >= 0.3 is 11.9 Å². The Morgan fingerprint density at radius 2 is 1.53 bits per heavy atom. The largest absolute Gasteiger partial charge is 0.463 e. The summed E-state index contributed by atoms with van der Waals surface area (Å²) in [7, 11) is 0. The van der Waals surface area contributed by atoms with Crippen LogP contribution in [0.2, 0.25) is 0 Å². The number of para-hydroxylation sites is 1. The molecule has 6 heteroatoms. The van der Waals surface area contributed by atoms with E-state index in [9.17, 15) is 14.9 Å². The number of aromatic nitrogens is 1. The summed E-state index contributed by atoms with van der Waals surface area (Å²) in [5.41, 5.74) is 4.22. The lowest BCUT2D eigenvalue weighted by Gasteiger charge is -2.15. The summed E-state index contributed by atoms with van der Waals surface area (Å²) in [6.07, 6.45) is 1.16. The van der Waals surface area contributed by atoms with Crippen LogP contribution in [-0.2, 0) is 19.1 Å². The first-order chi connectivity index (χ1) is 16.5. The molecule has 0 saturated carbocycles. The Labute approximate surface area is 198 Å². The molecule has 2 aliphatic carbocycles. The molecule has 2 aromatic rings. The fraction of sp³-hybridized carbons (Fsp3) is 0.179. The normalized spacial score (nSPS) is 11.4. The molecule has 4 rings (SSSR count). The van der Waals surface area contributed by atoms with Crippen molar-refractivity contribution >= 4 is 28.3 Å². The minimum atomic E-state index is -0.660. The molecule has 0 atom stereocenters. The van der Waals surface area contributed by atoms with Gasteiger partial charge in [-0.25, -0.2) is 9.59 Å². The summed E-state index contributed by atoms with van der Waals surface area (Å²) in [6.45, 7) is 5.65. The Hall–Kier alpha value is -4.37. The highest BCUT2D eigenvalue weighted by Crippen LogP contribution is 2.46. The summed E-state index contributed by atoms with van der Waals surface area (Å²) in [4.78, 5) is 25.7. The maximum Gasteiger partial charge on any atom is 0.340 e. The van der Waals surface area contributed by atoms with E-state index in [0.717, 1.165) is 34.0 Å². The first-order valence-corrected chi connectivity index (χ1v) is 11.1. The molecular weight excluding hydrogens is 428 g/mol. The van der Waals surface area contributed by atoms with Crippen LogP contribution < -0.4 is 0 Å². The first kappa shape index (κ1) is 22.8. The predicted molar refractivity (Wildman–Crippen MR) is 131 cm³/mol. The second-order valence-corrected chi connectivity index (χ2v) is 7.61. The van der Waals surface area contributed by atoms with Crippen LogP contribution in [0.5, 0.6) is 0 Å². The van der Waals surface area contributed by atoms with E-state index in [0.29, 0.717) is 16.6 Å². The van der Waals surface area contributed by atoms with Gasteiger partial charge < -0.3 is 14.0 Å². The van der Waals surface area contributed by atoms with E-state index in [1.165, 1.54) is 0 Å². The summed E-state index contributed by atoms with van der Waals surface area (Å²) < 4.78 is 12.4. The van der Waals surface area contributed by atoms with Gasteiger partial charge in [-0.2, -0.15) is 5.26 Å². The fourth-order valence-corrected chi connectivity index (χ4v) is 4.39. The van der Waals surface area contributed by atoms with Gasteiger partial charge in [0, 0.05) is 33.8 Å². The highest BCUT2D eigenvalue weighted by atomic mass is 16.5. The number of hydrogen-bond acceptors (Lipinski definition) is 5. The van der Waals surface area contributed by atoms with Crippen LogP contribution in [0.3, 0.4) is 0 Å². The standard InChI is InChI=1S/C28H24N2O4/c1-4-33-24(31)16-22(28(32)34-5-2)27-26-23(17-29)20-14-10-7-11-15-21(20)25(26)18(3)30(27)19-12-8-6-9-13-19/h6-16H,4-5H2,1-3H3. The average Bonchev–Trinajstić information content (AvgIpc) is 3.17. The summed E-state index contributed by atoms with van der Waals surface area (Å²) in [5, 5.41) is 11.7. The van der Waals surface area contributed by atoms with Crippen molar-refractivity contribution in [3.63, 3.8) is 0 Å². The molecule has 6 nitrogen and oxygen atoms in total. The van der Waals surface area contributed by atoms with E-state index in [1.54, 1.807) is 13.8 Å². The highest BCUT2D eigenvalue weighted by Gasteiger charge is 2.31. The lowest BCUT2D eigenvalue weighted by molar-refractivity contribution is -0.139. The minimum Gasteiger partial charge on any atom is -0.463 e. The number of ether oxygens (including phenoxy) is 2. The van der Waals surface area contributed by atoms with Crippen molar-refractivity contribution in [1.82, 2.24) is 4.57 Å². The van der Waals surface area contributed by atoms with E-state index >= 15 is 0 Å². The van der Waals surface area contributed by atoms with E-state index in [-0.39, 0.29) is 18.8 Å². The molecular formula is C28H24N2O4. The number of carbonyl (C=O) groups is 2. The molecule has 0 unspecified atom stereocenters. The zero-order valence-electron chi connectivity index (χ0n) is 19.3. The Morgan fingerprint density at radius 1 is 0.912 bits per heavy atom. The molecule has 0 spiro atoms. The summed E-state index contributed by atoms with van der Waals surface area (Å²) in [5.74, 6) is -1.31. The van der Waals surface area contributed by atoms with Crippen LogP contribution >= 0.6 is 0 Å². The van der Waals surface area contributed by atoms with Crippen LogP contribution in [-0.4, -0.2) is 29.7 Å². The van der Waals surface area contributed by atoms with Crippen LogP contribution in [0.25, 0.3) is 33.2 Å². The monoisotopic (exact) mass is 452 g/mol. The van der Waals surface area contributed by atoms with E-state index in [2.05, 4.69) is 6.07 Å². The second-order valence-electron chi connectivity index (χ2n) is 7.61. The number of hydrogen-bond donors (Lipinski definition) is 0. The molecule has 0 aliphatic heterocycles. The van der Waals surface area contributed by atoms with Crippen LogP contribution in [0, 0.1) is 18.3 Å². The average molecular weight is 453 g/mol. The van der Waals surface area contributed by atoms with Crippen molar-refractivity contribution in [2.45, 2.75) is 20.8 Å². The van der Waals surface area contributed by atoms with Crippen molar-refractivity contribution in [3.8, 4) is 22.9 Å². The van der Waals surface area contributed by atoms with E-state index in [1.807, 2.05) is 72.2 Å². The zero-order chi connectivity index (χ0) is 24.2. The molecule has 0 fully saturated rings. The molecule has 0 bridgehead atoms. The van der Waals surface area contributed by atoms with Crippen molar-refractivity contribution in [1.29, 1.82) is 5.26 Å². The van der Waals surface area contributed by atoms with Crippen molar-refractivity contribution in [2.24, 2.45) is 0 Å².